The van der Waals surface area contributed by atoms with Gasteiger partial charge in [0.15, 0.2) is 5.96 Å². The summed E-state index contributed by atoms with van der Waals surface area (Å²) in [6.45, 7) is 6.87. The van der Waals surface area contributed by atoms with Gasteiger partial charge in [0.05, 0.1) is 5.41 Å². The van der Waals surface area contributed by atoms with Crippen molar-refractivity contribution in [3.63, 3.8) is 0 Å². The number of nitrogens with zero attached hydrogens (tertiary/aromatic N) is 3. The summed E-state index contributed by atoms with van der Waals surface area (Å²) >= 11 is 0. The van der Waals surface area contributed by atoms with Crippen LogP contribution in [-0.2, 0) is 10.3 Å². The molecule has 170 valence electrons. The second-order valence-corrected chi connectivity index (χ2v) is 9.19. The van der Waals surface area contributed by atoms with E-state index < -0.39 is 16.8 Å². The van der Waals surface area contributed by atoms with Gasteiger partial charge >= 0.3 is 0 Å². The fraction of sp³-hybridized carbons (Fsp3) is 0.417. The summed E-state index contributed by atoms with van der Waals surface area (Å²) in [5, 5.41) is 3.35. The molecule has 0 radical (unpaired) electrons. The van der Waals surface area contributed by atoms with Crippen LogP contribution in [0.4, 0.5) is 20.2 Å². The van der Waals surface area contributed by atoms with Crippen LogP contribution in [-0.4, -0.2) is 42.9 Å². The Morgan fingerprint density at radius 2 is 1.78 bits per heavy atom. The molecule has 0 bridgehead atoms. The predicted octanol–water partition coefficient (Wildman–Crippen LogP) is 3.49. The highest BCUT2D eigenvalue weighted by atomic mass is 19.1. The third-order valence-electron chi connectivity index (χ3n) is 6.99. The van der Waals surface area contributed by atoms with Crippen molar-refractivity contribution in [2.75, 3.05) is 25.0 Å². The number of amides is 1. The molecule has 0 spiro atoms. The van der Waals surface area contributed by atoms with Crippen LogP contribution in [0.3, 0.4) is 0 Å². The van der Waals surface area contributed by atoms with Crippen molar-refractivity contribution in [2.24, 2.45) is 16.1 Å². The lowest BCUT2D eigenvalue weighted by atomic mass is 9.67. The Labute approximate surface area is 187 Å². The van der Waals surface area contributed by atoms with Crippen LogP contribution in [0.1, 0.15) is 32.8 Å². The summed E-state index contributed by atoms with van der Waals surface area (Å²) in [6, 6.07) is 11.2. The van der Waals surface area contributed by atoms with Crippen molar-refractivity contribution in [2.45, 2.75) is 38.8 Å². The van der Waals surface area contributed by atoms with Gasteiger partial charge in [0.2, 0.25) is 5.91 Å². The molecule has 1 amide bonds. The number of carbonyl (C=O) groups excluding carboxylic acids is 1. The van der Waals surface area contributed by atoms with Crippen molar-refractivity contribution in [1.29, 1.82) is 0 Å². The number of carbonyl (C=O) groups is 1. The number of anilines is 2. The van der Waals surface area contributed by atoms with E-state index in [0.29, 0.717) is 5.56 Å². The smallest absolute Gasteiger partial charge is 0.237 e. The molecule has 4 rings (SSSR count). The van der Waals surface area contributed by atoms with Crippen LogP contribution >= 0.6 is 0 Å². The van der Waals surface area contributed by atoms with E-state index in [1.807, 2.05) is 0 Å². The first-order chi connectivity index (χ1) is 15.1. The molecule has 8 heteroatoms. The third kappa shape index (κ3) is 3.43. The summed E-state index contributed by atoms with van der Waals surface area (Å²) < 4.78 is 28.9. The van der Waals surface area contributed by atoms with Crippen LogP contribution in [0.5, 0.6) is 0 Å². The van der Waals surface area contributed by atoms with Crippen molar-refractivity contribution in [1.82, 2.24) is 10.2 Å². The first-order valence-corrected chi connectivity index (χ1v) is 10.8. The van der Waals surface area contributed by atoms with Gasteiger partial charge in [0, 0.05) is 36.6 Å². The Kier molecular flexibility index (Phi) is 5.45. The van der Waals surface area contributed by atoms with Crippen LogP contribution in [0.2, 0.25) is 0 Å². The lowest BCUT2D eigenvalue weighted by Gasteiger charge is -2.46. The van der Waals surface area contributed by atoms with E-state index in [9.17, 15) is 9.18 Å². The molecule has 2 aromatic carbocycles. The van der Waals surface area contributed by atoms with Gasteiger partial charge in [-0.1, -0.05) is 0 Å². The quantitative estimate of drug-likeness (QED) is 0.762. The molecule has 1 fully saturated rings. The summed E-state index contributed by atoms with van der Waals surface area (Å²) in [5.74, 6) is -0.950. The number of nitrogens with two attached hydrogens (primary N) is 1. The maximum Gasteiger partial charge on any atom is 0.237 e. The molecule has 2 heterocycles. The Morgan fingerprint density at radius 1 is 1.12 bits per heavy atom. The van der Waals surface area contributed by atoms with Crippen molar-refractivity contribution in [3.05, 3.63) is 59.7 Å². The van der Waals surface area contributed by atoms with E-state index in [-0.39, 0.29) is 23.7 Å². The average Bonchev–Trinajstić information content (AvgIpc) is 3.28. The number of guanidine groups is 1. The van der Waals surface area contributed by atoms with Gasteiger partial charge in [-0.3, -0.25) is 9.69 Å². The first kappa shape index (κ1) is 22.2. The predicted molar refractivity (Wildman–Crippen MR) is 122 cm³/mol. The van der Waals surface area contributed by atoms with Gasteiger partial charge in [0.1, 0.15) is 17.2 Å². The monoisotopic (exact) mass is 441 g/mol. The molecule has 2 aliphatic heterocycles. The Balaban J connectivity index is 1.87. The van der Waals surface area contributed by atoms with Crippen LogP contribution in [0.25, 0.3) is 0 Å². The maximum atomic E-state index is 15.3. The zero-order chi connectivity index (χ0) is 23.3. The molecule has 1 saturated heterocycles. The van der Waals surface area contributed by atoms with E-state index in [1.165, 1.54) is 23.1 Å². The normalized spacial score (nSPS) is 25.1. The molecule has 32 heavy (non-hydrogen) atoms. The molecule has 2 atom stereocenters. The largest absolute Gasteiger partial charge is 0.369 e. The standard InChI is InChI=1S/C24H29F2N5O/c1-23(2)21(32)30(4)22(27)29-24(23,3)19-13-17(9-10-20(19)26)31(18-11-12-28-14-18)16-7-5-15(25)6-8-16/h5-10,13,18,28H,11-12,14H2,1-4H3,(H2,27,29)/t18?,24-/m1/s1. The van der Waals surface area contributed by atoms with Gasteiger partial charge in [0.25, 0.3) is 0 Å². The fourth-order valence-electron chi connectivity index (χ4n) is 4.64. The molecule has 6 nitrogen and oxygen atoms in total. The molecule has 3 N–H and O–H groups in total. The van der Waals surface area contributed by atoms with Gasteiger partial charge in [-0.05, 0) is 76.2 Å². The maximum absolute atomic E-state index is 15.3. The molecule has 2 aliphatic rings. The number of halogens is 2. The van der Waals surface area contributed by atoms with Crippen molar-refractivity contribution < 1.29 is 13.6 Å². The zero-order valence-corrected chi connectivity index (χ0v) is 18.8. The number of hydrogen-bond acceptors (Lipinski definition) is 5. The fourth-order valence-corrected chi connectivity index (χ4v) is 4.64. The molecular formula is C24H29F2N5O. The lowest BCUT2D eigenvalue weighted by molar-refractivity contribution is -0.140. The van der Waals surface area contributed by atoms with Gasteiger partial charge in [-0.15, -0.1) is 0 Å². The second kappa shape index (κ2) is 7.85. The van der Waals surface area contributed by atoms with Crippen LogP contribution in [0.15, 0.2) is 47.5 Å². The third-order valence-corrected chi connectivity index (χ3v) is 6.99. The number of aliphatic imine (C=N–C) groups is 1. The highest BCUT2D eigenvalue weighted by molar-refractivity contribution is 6.01. The zero-order valence-electron chi connectivity index (χ0n) is 18.8. The summed E-state index contributed by atoms with van der Waals surface area (Å²) in [7, 11) is 1.57. The molecule has 1 unspecified atom stereocenters. The summed E-state index contributed by atoms with van der Waals surface area (Å²) in [5.41, 5.74) is 5.65. The number of benzene rings is 2. The van der Waals surface area contributed by atoms with Crippen molar-refractivity contribution in [3.8, 4) is 0 Å². The second-order valence-electron chi connectivity index (χ2n) is 9.19. The summed E-state index contributed by atoms with van der Waals surface area (Å²) in [4.78, 5) is 21.0. The van der Waals surface area contributed by atoms with E-state index in [4.69, 9.17) is 5.73 Å². The number of nitrogens with one attached hydrogen (secondary N) is 1. The summed E-state index contributed by atoms with van der Waals surface area (Å²) in [6.07, 6.45) is 0.890. The first-order valence-electron chi connectivity index (χ1n) is 10.8. The Morgan fingerprint density at radius 3 is 2.41 bits per heavy atom. The van der Waals surface area contributed by atoms with Crippen LogP contribution in [0, 0.1) is 17.0 Å². The average molecular weight is 442 g/mol. The Bertz CT molecular complexity index is 1060. The highest BCUT2D eigenvalue weighted by Crippen LogP contribution is 2.48. The molecule has 0 aliphatic carbocycles. The minimum atomic E-state index is -1.21. The van der Waals surface area contributed by atoms with Gasteiger partial charge in [-0.25, -0.2) is 13.8 Å². The van der Waals surface area contributed by atoms with E-state index >= 15 is 4.39 Å². The lowest BCUT2D eigenvalue weighted by Crippen LogP contribution is -2.58. The SMILES string of the molecule is CN1C(=O)C(C)(C)[C@@](C)(c2cc(N(c3ccc(F)cc3)C3CCNC3)ccc2F)N=C1N. The van der Waals surface area contributed by atoms with Crippen LogP contribution < -0.4 is 16.0 Å². The minimum absolute atomic E-state index is 0.0528. The van der Waals surface area contributed by atoms with Crippen molar-refractivity contribution >= 4 is 23.2 Å². The molecule has 2 aromatic rings. The molecule has 0 saturated carbocycles. The van der Waals surface area contributed by atoms with E-state index in [0.717, 1.165) is 30.9 Å². The van der Waals surface area contributed by atoms with Gasteiger partial charge in [-0.2, -0.15) is 0 Å². The highest BCUT2D eigenvalue weighted by Gasteiger charge is 2.54. The molecule has 0 aromatic heterocycles. The Hall–Kier alpha value is -3.00. The molecular weight excluding hydrogens is 412 g/mol. The van der Waals surface area contributed by atoms with E-state index in [1.54, 1.807) is 52.1 Å². The van der Waals surface area contributed by atoms with E-state index in [2.05, 4.69) is 15.2 Å². The number of rotatable bonds is 4. The number of hydrogen-bond donors (Lipinski definition) is 2. The topological polar surface area (TPSA) is 74.0 Å². The van der Waals surface area contributed by atoms with Gasteiger partial charge < -0.3 is 16.0 Å². The minimum Gasteiger partial charge on any atom is -0.369 e.